The van der Waals surface area contributed by atoms with E-state index in [1.54, 1.807) is 23.7 Å². The number of aromatic nitrogens is 1. The number of amides is 1. The van der Waals surface area contributed by atoms with Crippen molar-refractivity contribution in [2.24, 2.45) is 11.3 Å². The third kappa shape index (κ3) is 3.54. The Kier molecular flexibility index (Phi) is 4.77. The van der Waals surface area contributed by atoms with E-state index in [1.165, 1.54) is 16.9 Å². The molecule has 2 heterocycles. The van der Waals surface area contributed by atoms with Crippen molar-refractivity contribution in [2.75, 3.05) is 0 Å². The second-order valence-electron chi connectivity index (χ2n) is 7.83. The highest BCUT2D eigenvalue weighted by Crippen LogP contribution is 2.40. The molecule has 0 bridgehead atoms. The maximum Gasteiger partial charge on any atom is 0.252 e. The van der Waals surface area contributed by atoms with Crippen LogP contribution < -0.4 is 5.32 Å². The van der Waals surface area contributed by atoms with Gasteiger partial charge in [0.1, 0.15) is 0 Å². The highest BCUT2D eigenvalue weighted by Gasteiger charge is 2.31. The van der Waals surface area contributed by atoms with Crippen molar-refractivity contribution >= 4 is 17.2 Å². The van der Waals surface area contributed by atoms with Crippen LogP contribution in [-0.2, 0) is 12.8 Å². The van der Waals surface area contributed by atoms with Gasteiger partial charge in [-0.1, -0.05) is 20.8 Å². The van der Waals surface area contributed by atoms with Crippen LogP contribution in [0.4, 0.5) is 0 Å². The number of hydrogen-bond donors (Lipinski definition) is 1. The number of rotatable bonds is 3. The number of carbonyl (C=O) groups excluding carboxylic acids is 1. The number of nitrogens with zero attached hydrogens (tertiary/aromatic N) is 1. The summed E-state index contributed by atoms with van der Waals surface area (Å²) in [7, 11) is 0. The predicted molar refractivity (Wildman–Crippen MR) is 99.4 cm³/mol. The summed E-state index contributed by atoms with van der Waals surface area (Å²) in [6.45, 7) is 8.97. The van der Waals surface area contributed by atoms with Crippen molar-refractivity contribution < 1.29 is 4.79 Å². The Morgan fingerprint density at radius 1 is 1.33 bits per heavy atom. The van der Waals surface area contributed by atoms with Gasteiger partial charge in [-0.05, 0) is 60.8 Å². The summed E-state index contributed by atoms with van der Waals surface area (Å²) in [5.74, 6) is 0.751. The Balaban J connectivity index is 1.73. The van der Waals surface area contributed by atoms with E-state index in [4.69, 9.17) is 0 Å². The fourth-order valence-corrected chi connectivity index (χ4v) is 4.61. The Bertz CT molecular complexity index is 715. The molecule has 2 aromatic heterocycles. The predicted octanol–water partition coefficient (Wildman–Crippen LogP) is 4.79. The van der Waals surface area contributed by atoms with Crippen LogP contribution in [0.2, 0.25) is 0 Å². The molecule has 4 heteroatoms. The van der Waals surface area contributed by atoms with E-state index in [0.717, 1.165) is 24.0 Å². The minimum Gasteiger partial charge on any atom is -0.345 e. The van der Waals surface area contributed by atoms with E-state index >= 15 is 0 Å². The Morgan fingerprint density at radius 2 is 2.04 bits per heavy atom. The van der Waals surface area contributed by atoms with Crippen LogP contribution in [-0.4, -0.2) is 10.9 Å². The number of nitrogens with one attached hydrogen (secondary N) is 1. The van der Waals surface area contributed by atoms with Crippen LogP contribution in [0.25, 0.3) is 0 Å². The molecule has 0 aromatic carbocycles. The summed E-state index contributed by atoms with van der Waals surface area (Å²) in [5, 5.41) is 5.18. The number of fused-ring (bicyclic) bond motifs is 1. The molecule has 0 unspecified atom stereocenters. The Hall–Kier alpha value is -1.68. The summed E-state index contributed by atoms with van der Waals surface area (Å²) in [6.07, 6.45) is 6.82. The summed E-state index contributed by atoms with van der Waals surface area (Å²) < 4.78 is 0. The Labute approximate surface area is 148 Å². The van der Waals surface area contributed by atoms with Gasteiger partial charge in [0.05, 0.1) is 11.6 Å². The van der Waals surface area contributed by atoms with Crippen molar-refractivity contribution in [1.29, 1.82) is 0 Å². The summed E-state index contributed by atoms with van der Waals surface area (Å²) in [5.41, 5.74) is 3.57. The first-order valence-electron chi connectivity index (χ1n) is 8.66. The molecule has 0 saturated heterocycles. The summed E-state index contributed by atoms with van der Waals surface area (Å²) >= 11 is 1.75. The van der Waals surface area contributed by atoms with E-state index < -0.39 is 0 Å². The van der Waals surface area contributed by atoms with Gasteiger partial charge in [0.15, 0.2) is 0 Å². The molecule has 128 valence electrons. The van der Waals surface area contributed by atoms with Gasteiger partial charge < -0.3 is 5.32 Å². The van der Waals surface area contributed by atoms with Gasteiger partial charge in [-0.2, -0.15) is 0 Å². The molecule has 0 radical (unpaired) electrons. The van der Waals surface area contributed by atoms with Crippen LogP contribution in [0, 0.1) is 11.3 Å². The van der Waals surface area contributed by atoms with Crippen LogP contribution in [0.15, 0.2) is 29.9 Å². The lowest BCUT2D eigenvalue weighted by Crippen LogP contribution is -2.29. The second kappa shape index (κ2) is 6.67. The molecule has 1 N–H and O–H groups in total. The fraction of sp³-hybridized carbons (Fsp3) is 0.500. The topological polar surface area (TPSA) is 42.0 Å². The van der Waals surface area contributed by atoms with Crippen LogP contribution in [0.1, 0.15) is 66.5 Å². The first-order chi connectivity index (χ1) is 11.4. The van der Waals surface area contributed by atoms with E-state index in [9.17, 15) is 4.79 Å². The number of hydrogen-bond acceptors (Lipinski definition) is 3. The van der Waals surface area contributed by atoms with Crippen LogP contribution in [0.3, 0.4) is 0 Å². The highest BCUT2D eigenvalue weighted by atomic mass is 32.1. The zero-order valence-corrected chi connectivity index (χ0v) is 15.7. The lowest BCUT2D eigenvalue weighted by molar-refractivity contribution is 0.0938. The van der Waals surface area contributed by atoms with E-state index in [1.807, 2.05) is 24.4 Å². The van der Waals surface area contributed by atoms with Gasteiger partial charge in [-0.3, -0.25) is 9.78 Å². The molecule has 24 heavy (non-hydrogen) atoms. The van der Waals surface area contributed by atoms with Gasteiger partial charge in [0.25, 0.3) is 5.91 Å². The highest BCUT2D eigenvalue weighted by molar-refractivity contribution is 7.10. The average molecular weight is 343 g/mol. The molecule has 0 fully saturated rings. The lowest BCUT2D eigenvalue weighted by atomic mass is 9.72. The maximum atomic E-state index is 12.7. The molecule has 0 aliphatic heterocycles. The van der Waals surface area contributed by atoms with Crippen molar-refractivity contribution in [2.45, 2.75) is 53.0 Å². The van der Waals surface area contributed by atoms with E-state index in [0.29, 0.717) is 11.3 Å². The van der Waals surface area contributed by atoms with Crippen molar-refractivity contribution in [3.05, 3.63) is 51.5 Å². The van der Waals surface area contributed by atoms with Crippen LogP contribution in [0.5, 0.6) is 0 Å². The molecule has 1 aliphatic rings. The average Bonchev–Trinajstić information content (AvgIpc) is 2.98. The molecule has 0 spiro atoms. The molecular formula is C20H26N2OS. The number of pyridine rings is 1. The maximum absolute atomic E-state index is 12.7. The molecule has 2 atom stereocenters. The summed E-state index contributed by atoms with van der Waals surface area (Å²) in [4.78, 5) is 18.2. The van der Waals surface area contributed by atoms with Gasteiger partial charge in [-0.25, -0.2) is 0 Å². The standard InChI is InChI=1S/C20H26N2OS/c1-13(14-7-9-21-10-8-14)22-19(23)17-12-24-18-11-15(20(2,3)4)5-6-16(17)18/h7-10,12-13,15H,5-6,11H2,1-4H3,(H,22,23)/t13-,15-/m1/s1. The minimum absolute atomic E-state index is 0.0121. The van der Waals surface area contributed by atoms with Crippen molar-refractivity contribution in [3.8, 4) is 0 Å². The second-order valence-corrected chi connectivity index (χ2v) is 8.80. The minimum atomic E-state index is -0.0121. The van der Waals surface area contributed by atoms with Gasteiger partial charge >= 0.3 is 0 Å². The normalized spacial score (nSPS) is 18.8. The first-order valence-corrected chi connectivity index (χ1v) is 9.54. The first kappa shape index (κ1) is 17.2. The molecule has 3 rings (SSSR count). The molecular weight excluding hydrogens is 316 g/mol. The Morgan fingerprint density at radius 3 is 2.71 bits per heavy atom. The number of thiophene rings is 1. The largest absolute Gasteiger partial charge is 0.345 e. The fourth-order valence-electron chi connectivity index (χ4n) is 3.45. The number of carbonyl (C=O) groups is 1. The van der Waals surface area contributed by atoms with E-state index in [-0.39, 0.29) is 11.9 Å². The molecule has 1 aliphatic carbocycles. The molecule has 2 aromatic rings. The lowest BCUT2D eigenvalue weighted by Gasteiger charge is -2.34. The third-order valence-electron chi connectivity index (χ3n) is 5.18. The zero-order chi connectivity index (χ0) is 17.3. The molecule has 0 saturated carbocycles. The van der Waals surface area contributed by atoms with Gasteiger partial charge in [0.2, 0.25) is 0 Å². The summed E-state index contributed by atoms with van der Waals surface area (Å²) in [6, 6.07) is 3.88. The SMILES string of the molecule is C[C@@H](NC(=O)c1csc2c1CC[C@@H](C(C)(C)C)C2)c1ccncc1. The van der Waals surface area contributed by atoms with Crippen molar-refractivity contribution in [1.82, 2.24) is 10.3 Å². The molecule has 3 nitrogen and oxygen atoms in total. The third-order valence-corrected chi connectivity index (χ3v) is 6.23. The van der Waals surface area contributed by atoms with E-state index in [2.05, 4.69) is 31.1 Å². The molecule has 1 amide bonds. The quantitative estimate of drug-likeness (QED) is 0.872. The van der Waals surface area contributed by atoms with Crippen LogP contribution >= 0.6 is 11.3 Å². The van der Waals surface area contributed by atoms with Crippen molar-refractivity contribution in [3.63, 3.8) is 0 Å². The zero-order valence-electron chi connectivity index (χ0n) is 14.9. The van der Waals surface area contributed by atoms with Gasteiger partial charge in [-0.15, -0.1) is 11.3 Å². The van der Waals surface area contributed by atoms with Gasteiger partial charge in [0, 0.05) is 22.7 Å². The smallest absolute Gasteiger partial charge is 0.252 e. The monoisotopic (exact) mass is 342 g/mol.